The normalized spacial score (nSPS) is 17.3. The maximum atomic E-state index is 13.5. The van der Waals surface area contributed by atoms with Crippen LogP contribution in [0.25, 0.3) is 0 Å². The van der Waals surface area contributed by atoms with Gasteiger partial charge in [0, 0.05) is 51.0 Å². The van der Waals surface area contributed by atoms with Gasteiger partial charge in [0.15, 0.2) is 17.3 Å². The zero-order chi connectivity index (χ0) is 26.1. The fourth-order valence-corrected chi connectivity index (χ4v) is 4.53. The first-order valence-corrected chi connectivity index (χ1v) is 12.2. The largest absolute Gasteiger partial charge is 0.386 e. The highest BCUT2D eigenvalue weighted by atomic mass is 19.1. The van der Waals surface area contributed by atoms with Crippen molar-refractivity contribution in [2.24, 2.45) is 30.5 Å². The number of nitrogens with one attached hydrogen (secondary N) is 1. The van der Waals surface area contributed by atoms with Crippen LogP contribution in [-0.2, 0) is 21.4 Å². The molecule has 0 radical (unpaired) electrons. The number of alkyl halides is 1. The lowest BCUT2D eigenvalue weighted by atomic mass is 9.87. The summed E-state index contributed by atoms with van der Waals surface area (Å²) in [7, 11) is 1.72. The van der Waals surface area contributed by atoms with E-state index in [0.717, 1.165) is 0 Å². The highest BCUT2D eigenvalue weighted by Crippen LogP contribution is 2.28. The fraction of sp³-hybridized carbons (Fsp3) is 0.640. The average Bonchev–Trinajstić information content (AvgIpc) is 3.47. The van der Waals surface area contributed by atoms with Crippen LogP contribution in [0.2, 0.25) is 0 Å². The van der Waals surface area contributed by atoms with Crippen molar-refractivity contribution < 1.29 is 23.6 Å². The van der Waals surface area contributed by atoms with Gasteiger partial charge in [-0.25, -0.2) is 4.39 Å². The molecule has 194 valence electrons. The van der Waals surface area contributed by atoms with Gasteiger partial charge in [-0.05, 0) is 31.6 Å². The minimum Gasteiger partial charge on any atom is -0.386 e. The predicted octanol–water partition coefficient (Wildman–Crippen LogP) is 2.17. The molecule has 1 aliphatic rings. The Labute approximate surface area is 206 Å². The number of amides is 1. The number of hydrogen-bond donors (Lipinski definition) is 2. The third kappa shape index (κ3) is 8.00. The monoisotopic (exact) mass is 491 g/mol. The summed E-state index contributed by atoms with van der Waals surface area (Å²) in [5, 5.41) is 6.87. The average molecular weight is 492 g/mol. The lowest BCUT2D eigenvalue weighted by Crippen LogP contribution is -2.45. The van der Waals surface area contributed by atoms with Crippen LogP contribution in [0.15, 0.2) is 24.8 Å². The Balaban J connectivity index is 2.07. The number of nitrogens with two attached hydrogens (primary N) is 1. The Morgan fingerprint density at radius 1 is 1.29 bits per heavy atom. The number of Topliss-reactive ketones (excluding diaryl/α,β-unsaturated/α-hetero) is 3. The molecule has 1 amide bonds. The molecule has 0 bridgehead atoms. The molecular weight excluding hydrogens is 453 g/mol. The van der Waals surface area contributed by atoms with E-state index in [-0.39, 0.29) is 36.2 Å². The highest BCUT2D eigenvalue weighted by molar-refractivity contribution is 5.99. The summed E-state index contributed by atoms with van der Waals surface area (Å²) in [4.78, 5) is 53.1. The third-order valence-electron chi connectivity index (χ3n) is 6.58. The molecule has 0 unspecified atom stereocenters. The summed E-state index contributed by atoms with van der Waals surface area (Å²) < 4.78 is 14.7. The first kappa shape index (κ1) is 28.2. The number of rotatable bonds is 15. The van der Waals surface area contributed by atoms with E-state index in [4.69, 9.17) is 5.73 Å². The Kier molecular flexibility index (Phi) is 10.6. The number of nitrogens with zero attached hydrogens (tertiary/aromatic N) is 3. The van der Waals surface area contributed by atoms with E-state index in [1.54, 1.807) is 18.1 Å². The number of hydrogen-bond acceptors (Lipinski definition) is 7. The van der Waals surface area contributed by atoms with Crippen LogP contribution < -0.4 is 11.1 Å². The molecule has 1 aromatic rings. The van der Waals surface area contributed by atoms with E-state index in [1.165, 1.54) is 10.9 Å². The van der Waals surface area contributed by atoms with Gasteiger partial charge >= 0.3 is 0 Å². The van der Waals surface area contributed by atoms with Gasteiger partial charge in [0.2, 0.25) is 5.91 Å². The van der Waals surface area contributed by atoms with Crippen LogP contribution >= 0.6 is 0 Å². The van der Waals surface area contributed by atoms with Crippen molar-refractivity contribution in [2.45, 2.75) is 58.4 Å². The number of likely N-dealkylation sites (tertiary alicyclic amines) is 1. The molecule has 0 spiro atoms. The maximum Gasteiger partial charge on any atom is 0.227 e. The van der Waals surface area contributed by atoms with Crippen LogP contribution in [0.3, 0.4) is 0 Å². The zero-order valence-electron chi connectivity index (χ0n) is 21.0. The van der Waals surface area contributed by atoms with Gasteiger partial charge in [-0.15, -0.1) is 0 Å². The Morgan fingerprint density at radius 2 is 2.00 bits per heavy atom. The van der Waals surface area contributed by atoms with Crippen molar-refractivity contribution in [1.29, 1.82) is 0 Å². The van der Waals surface area contributed by atoms with E-state index in [9.17, 15) is 23.6 Å². The van der Waals surface area contributed by atoms with Gasteiger partial charge in [-0.3, -0.25) is 23.9 Å². The molecule has 0 aliphatic carbocycles. The zero-order valence-corrected chi connectivity index (χ0v) is 21.0. The second-order valence-corrected chi connectivity index (χ2v) is 9.63. The van der Waals surface area contributed by atoms with Gasteiger partial charge in [0.25, 0.3) is 0 Å². The van der Waals surface area contributed by atoms with E-state index in [1.807, 2.05) is 13.8 Å². The maximum absolute atomic E-state index is 13.5. The summed E-state index contributed by atoms with van der Waals surface area (Å²) in [6, 6.07) is -0.658. The minimum absolute atomic E-state index is 0.0298. The molecule has 3 N–H and O–H groups in total. The second-order valence-electron chi connectivity index (χ2n) is 9.63. The molecule has 3 atom stereocenters. The molecule has 1 aliphatic heterocycles. The SMILES string of the molecule is C=C(N)NCCC[C@H](CC(=O)[C@@H]1CCCN1C(=O)[C@@H](CC(=O)c1cnn(C)c1)C(C)C)C(=O)CF. The summed E-state index contributed by atoms with van der Waals surface area (Å²) >= 11 is 0. The van der Waals surface area contributed by atoms with E-state index < -0.39 is 30.3 Å². The molecule has 2 heterocycles. The summed E-state index contributed by atoms with van der Waals surface area (Å²) in [6.07, 6.45) is 5.04. The lowest BCUT2D eigenvalue weighted by Gasteiger charge is -2.30. The van der Waals surface area contributed by atoms with E-state index in [0.29, 0.717) is 50.2 Å². The van der Waals surface area contributed by atoms with Crippen molar-refractivity contribution in [2.75, 3.05) is 19.8 Å². The number of aryl methyl sites for hydroxylation is 1. The number of halogens is 1. The van der Waals surface area contributed by atoms with Crippen LogP contribution in [-0.4, -0.2) is 63.7 Å². The molecule has 1 aromatic heterocycles. The third-order valence-corrected chi connectivity index (χ3v) is 6.58. The molecule has 10 heteroatoms. The van der Waals surface area contributed by atoms with E-state index in [2.05, 4.69) is 17.0 Å². The first-order valence-electron chi connectivity index (χ1n) is 12.2. The van der Waals surface area contributed by atoms with Gasteiger partial charge in [0.05, 0.1) is 23.6 Å². The van der Waals surface area contributed by atoms with Gasteiger partial charge in [-0.2, -0.15) is 5.10 Å². The quantitative estimate of drug-likeness (QED) is 0.284. The van der Waals surface area contributed by atoms with Crippen LogP contribution in [0, 0.1) is 17.8 Å². The Hall–Kier alpha value is -3.04. The lowest BCUT2D eigenvalue weighted by molar-refractivity contribution is -0.142. The van der Waals surface area contributed by atoms with E-state index >= 15 is 0 Å². The second kappa shape index (κ2) is 13.2. The number of ketones is 3. The summed E-state index contributed by atoms with van der Waals surface area (Å²) in [6.45, 7) is 7.05. The van der Waals surface area contributed by atoms with Crippen molar-refractivity contribution in [3.8, 4) is 0 Å². The van der Waals surface area contributed by atoms with Crippen LogP contribution in [0.5, 0.6) is 0 Å². The highest BCUT2D eigenvalue weighted by Gasteiger charge is 2.39. The first-order chi connectivity index (χ1) is 16.5. The molecule has 35 heavy (non-hydrogen) atoms. The number of carbonyl (C=O) groups excluding carboxylic acids is 4. The Morgan fingerprint density at radius 3 is 2.57 bits per heavy atom. The smallest absolute Gasteiger partial charge is 0.227 e. The standard InChI is InChI=1S/C25H38FN5O4/c1-16(2)20(12-22(32)19-14-29-30(4)15-19)25(35)31-10-6-8-21(31)23(33)11-18(24(34)13-26)7-5-9-28-17(3)27/h14-16,18,20-21,28H,3,5-13,27H2,1-2,4H3/t18-,20+,21+/m1/s1. The van der Waals surface area contributed by atoms with Gasteiger partial charge in [0.1, 0.15) is 6.67 Å². The van der Waals surface area contributed by atoms with Gasteiger partial charge in [-0.1, -0.05) is 20.4 Å². The Bertz CT molecular complexity index is 929. The number of carbonyl (C=O) groups is 4. The molecule has 1 fully saturated rings. The summed E-state index contributed by atoms with van der Waals surface area (Å²) in [5.74, 6) is -2.37. The topological polar surface area (TPSA) is 127 Å². The minimum atomic E-state index is -1.13. The molecule has 9 nitrogen and oxygen atoms in total. The molecular formula is C25H38FN5O4. The fourth-order valence-electron chi connectivity index (χ4n) is 4.53. The van der Waals surface area contributed by atoms with Crippen molar-refractivity contribution >= 4 is 23.3 Å². The van der Waals surface area contributed by atoms with Crippen molar-refractivity contribution in [3.05, 3.63) is 30.4 Å². The van der Waals surface area contributed by atoms with Crippen LogP contribution in [0.4, 0.5) is 4.39 Å². The molecule has 0 aromatic carbocycles. The van der Waals surface area contributed by atoms with Crippen molar-refractivity contribution in [3.63, 3.8) is 0 Å². The number of aromatic nitrogens is 2. The molecule has 0 saturated carbocycles. The van der Waals surface area contributed by atoms with Gasteiger partial charge < -0.3 is 16.0 Å². The van der Waals surface area contributed by atoms with Crippen molar-refractivity contribution in [1.82, 2.24) is 20.0 Å². The molecule has 2 rings (SSSR count). The van der Waals surface area contributed by atoms with Crippen LogP contribution in [0.1, 0.15) is 62.7 Å². The summed E-state index contributed by atoms with van der Waals surface area (Å²) in [5.41, 5.74) is 5.91. The predicted molar refractivity (Wildman–Crippen MR) is 130 cm³/mol. The molecule has 1 saturated heterocycles.